The molecule has 0 bridgehead atoms. The first-order valence-corrected chi connectivity index (χ1v) is 2.49. The van der Waals surface area contributed by atoms with Crippen LogP contribution in [0.2, 0.25) is 0 Å². The molecule has 1 heteroatoms. The van der Waals surface area contributed by atoms with Crippen molar-refractivity contribution < 1.29 is 4.48 Å². The smallest absolute Gasteiger partial charge is 0.207 e. The van der Waals surface area contributed by atoms with E-state index < -0.39 is 0 Å². The number of rotatable bonds is 2. The number of hydrogen-bond donors (Lipinski definition) is 0. The molecule has 7 heavy (non-hydrogen) atoms. The van der Waals surface area contributed by atoms with Crippen molar-refractivity contribution in [2.24, 2.45) is 0 Å². The van der Waals surface area contributed by atoms with Crippen LogP contribution in [-0.2, 0) is 0 Å². The van der Waals surface area contributed by atoms with Gasteiger partial charge in [0.1, 0.15) is 0 Å². The van der Waals surface area contributed by atoms with E-state index in [2.05, 4.69) is 6.92 Å². The van der Waals surface area contributed by atoms with Crippen LogP contribution in [-0.4, -0.2) is 18.1 Å². The van der Waals surface area contributed by atoms with Crippen LogP contribution in [0.4, 0.5) is 0 Å². The Bertz CT molecular complexity index is 42.6. The van der Waals surface area contributed by atoms with Crippen molar-refractivity contribution in [3.63, 3.8) is 0 Å². The number of nitrogens with zero attached hydrogens (tertiary/aromatic N) is 1. The van der Waals surface area contributed by atoms with Crippen LogP contribution in [0.5, 0.6) is 0 Å². The second-order valence-electron chi connectivity index (χ2n) is 2.07. The topological polar surface area (TPSA) is 0 Å². The molecule has 0 heterocycles. The van der Waals surface area contributed by atoms with Crippen LogP contribution in [0, 0.1) is 14.1 Å². The molecular formula is C6H12N+. The van der Waals surface area contributed by atoms with Crippen molar-refractivity contribution in [3.05, 3.63) is 14.1 Å². The summed E-state index contributed by atoms with van der Waals surface area (Å²) in [6.45, 7) is 2.89. The highest BCUT2D eigenvalue weighted by molar-refractivity contribution is 4.28. The van der Waals surface area contributed by atoms with Gasteiger partial charge in [-0.1, -0.05) is 6.92 Å². The van der Waals surface area contributed by atoms with Gasteiger partial charge in [-0.25, -0.2) is 0 Å². The van der Waals surface area contributed by atoms with Gasteiger partial charge in [-0.05, 0) is 6.42 Å². The van der Waals surface area contributed by atoms with Crippen LogP contribution >= 0.6 is 0 Å². The molecule has 1 nitrogen and oxygen atoms in total. The largest absolute Gasteiger partial charge is 0.300 e. The van der Waals surface area contributed by atoms with Crippen molar-refractivity contribution >= 4 is 0 Å². The normalized spacial score (nSPS) is 12.0. The second-order valence-corrected chi connectivity index (χ2v) is 2.07. The Hall–Kier alpha value is -0.0400. The summed E-state index contributed by atoms with van der Waals surface area (Å²) in [4.78, 5) is 0. The average molecular weight is 98.2 g/mol. The van der Waals surface area contributed by atoms with Crippen LogP contribution in [0.1, 0.15) is 13.3 Å². The molecule has 0 saturated carbocycles. The summed E-state index contributed by atoms with van der Waals surface area (Å²) in [6, 6.07) is 0. The number of quaternary nitrogens is 1. The molecule has 0 aromatic heterocycles. The zero-order valence-corrected chi connectivity index (χ0v) is 5.02. The molecule has 0 unspecified atom stereocenters. The summed E-state index contributed by atoms with van der Waals surface area (Å²) in [7, 11) is 12.5. The van der Waals surface area contributed by atoms with Crippen molar-refractivity contribution in [1.82, 2.24) is 0 Å². The van der Waals surface area contributed by atoms with E-state index in [9.17, 15) is 0 Å². The van der Waals surface area contributed by atoms with Crippen LogP contribution < -0.4 is 0 Å². The summed E-state index contributed by atoms with van der Waals surface area (Å²) in [6.07, 6.45) is 1.03. The molecule has 0 saturated heterocycles. The summed E-state index contributed by atoms with van der Waals surface area (Å²) >= 11 is 0. The van der Waals surface area contributed by atoms with Gasteiger partial charge in [-0.15, -0.1) is 0 Å². The summed E-state index contributed by atoms with van der Waals surface area (Å²) in [5.74, 6) is 0. The third kappa shape index (κ3) is 5.96. The van der Waals surface area contributed by atoms with Crippen LogP contribution in [0.3, 0.4) is 0 Å². The number of hydrogen-bond acceptors (Lipinski definition) is 0. The highest BCUT2D eigenvalue weighted by Gasteiger charge is 2.05. The Balaban J connectivity index is 3.15. The molecule has 0 aliphatic carbocycles. The lowest BCUT2D eigenvalue weighted by Crippen LogP contribution is -2.29. The minimum Gasteiger partial charge on any atom is -0.300 e. The fraction of sp³-hybridized carbons (Fsp3) is 0.667. The fourth-order valence-corrected chi connectivity index (χ4v) is 0.482. The quantitative estimate of drug-likeness (QED) is 0.455. The Labute approximate surface area is 46.5 Å². The SMILES string of the molecule is [CH][N+]([CH])(C)CCC. The molecule has 0 amide bonds. The van der Waals surface area contributed by atoms with Crippen LogP contribution in [0.25, 0.3) is 0 Å². The molecule has 0 fully saturated rings. The van der Waals surface area contributed by atoms with Gasteiger partial charge in [-0.2, -0.15) is 0 Å². The minimum atomic E-state index is 0.0938. The predicted octanol–water partition coefficient (Wildman–Crippen LogP) is 1.18. The van der Waals surface area contributed by atoms with Gasteiger partial charge in [-0.3, -0.25) is 0 Å². The Kier molecular flexibility index (Phi) is 2.30. The lowest BCUT2D eigenvalue weighted by atomic mass is 10.4. The van der Waals surface area contributed by atoms with E-state index >= 15 is 0 Å². The van der Waals surface area contributed by atoms with E-state index in [1.807, 2.05) is 0 Å². The van der Waals surface area contributed by atoms with Crippen molar-refractivity contribution in [3.8, 4) is 0 Å². The molecule has 0 aliphatic rings. The monoisotopic (exact) mass is 98.1 g/mol. The second kappa shape index (κ2) is 2.31. The van der Waals surface area contributed by atoms with E-state index in [1.165, 1.54) is 0 Å². The fourth-order valence-electron chi connectivity index (χ4n) is 0.482. The van der Waals surface area contributed by atoms with E-state index in [-0.39, 0.29) is 4.48 Å². The summed E-state index contributed by atoms with van der Waals surface area (Å²) in [5.41, 5.74) is 0. The molecule has 0 rings (SSSR count). The van der Waals surface area contributed by atoms with Gasteiger partial charge in [0.2, 0.25) is 14.1 Å². The summed E-state index contributed by atoms with van der Waals surface area (Å²) < 4.78 is 0.0938. The molecule has 0 N–H and O–H groups in total. The zero-order valence-electron chi connectivity index (χ0n) is 5.02. The van der Waals surface area contributed by atoms with E-state index in [0.29, 0.717) is 0 Å². The Morgan fingerprint density at radius 2 is 1.86 bits per heavy atom. The molecule has 0 aromatic rings. The lowest BCUT2D eigenvalue weighted by molar-refractivity contribution is -0.819. The van der Waals surface area contributed by atoms with Gasteiger partial charge >= 0.3 is 0 Å². The van der Waals surface area contributed by atoms with E-state index in [4.69, 9.17) is 14.1 Å². The van der Waals surface area contributed by atoms with Crippen molar-refractivity contribution in [2.45, 2.75) is 13.3 Å². The molecule has 0 aliphatic heterocycles. The van der Waals surface area contributed by atoms with Gasteiger partial charge < -0.3 is 4.48 Å². The maximum absolute atomic E-state index is 5.36. The maximum Gasteiger partial charge on any atom is 0.207 e. The molecule has 4 radical (unpaired) electrons. The van der Waals surface area contributed by atoms with Crippen LogP contribution in [0.15, 0.2) is 0 Å². The first-order valence-electron chi connectivity index (χ1n) is 2.49. The first-order chi connectivity index (χ1) is 3.06. The van der Waals surface area contributed by atoms with E-state index in [0.717, 1.165) is 13.0 Å². The summed E-state index contributed by atoms with van der Waals surface area (Å²) in [5, 5.41) is 0. The standard InChI is InChI=1S/C6H12N/c1-5-6-7(2,3)4/h2-3H,5-6H2,1,4H3/q+1. The first kappa shape index (κ1) is 6.96. The Morgan fingerprint density at radius 3 is 1.86 bits per heavy atom. The average Bonchev–Trinajstić information content (AvgIpc) is 1.30. The maximum atomic E-state index is 5.36. The lowest BCUT2D eigenvalue weighted by Gasteiger charge is -2.18. The molecule has 0 spiro atoms. The van der Waals surface area contributed by atoms with Gasteiger partial charge in [0.15, 0.2) is 0 Å². The van der Waals surface area contributed by atoms with Gasteiger partial charge in [0.05, 0.1) is 13.6 Å². The molecule has 0 atom stereocenters. The molecule has 0 aromatic carbocycles. The van der Waals surface area contributed by atoms with E-state index in [1.54, 1.807) is 7.05 Å². The van der Waals surface area contributed by atoms with Crippen molar-refractivity contribution in [1.29, 1.82) is 0 Å². The predicted molar refractivity (Wildman–Crippen MR) is 29.9 cm³/mol. The van der Waals surface area contributed by atoms with Gasteiger partial charge in [0, 0.05) is 0 Å². The van der Waals surface area contributed by atoms with Gasteiger partial charge in [0.25, 0.3) is 0 Å². The molecular weight excluding hydrogens is 86.1 g/mol. The molecule has 40 valence electrons. The third-order valence-electron chi connectivity index (χ3n) is 0.705. The highest BCUT2D eigenvalue weighted by atomic mass is 15.3. The minimum absolute atomic E-state index is 0.0938. The third-order valence-corrected chi connectivity index (χ3v) is 0.705. The Morgan fingerprint density at radius 1 is 1.43 bits per heavy atom. The van der Waals surface area contributed by atoms with Crippen molar-refractivity contribution in [2.75, 3.05) is 13.6 Å². The zero-order chi connectivity index (χ0) is 5.91. The highest BCUT2D eigenvalue weighted by Crippen LogP contribution is 1.95.